The minimum absolute atomic E-state index is 0.101. The third kappa shape index (κ3) is 5.29. The second-order valence-corrected chi connectivity index (χ2v) is 5.17. The zero-order valence-electron chi connectivity index (χ0n) is 13.2. The Bertz CT molecular complexity index is 625. The number of unbranched alkanes of at least 4 members (excludes halogenated alkanes) is 1. The molecule has 0 saturated carbocycles. The van der Waals surface area contributed by atoms with Gasteiger partial charge in [0, 0.05) is 18.6 Å². The number of ether oxygens (including phenoxy) is 2. The summed E-state index contributed by atoms with van der Waals surface area (Å²) in [6.07, 6.45) is 2.78. The van der Waals surface area contributed by atoms with E-state index < -0.39 is 4.92 Å². The second-order valence-electron chi connectivity index (χ2n) is 5.17. The lowest BCUT2D eigenvalue weighted by Gasteiger charge is -2.12. The van der Waals surface area contributed by atoms with Gasteiger partial charge in [0.15, 0.2) is 11.5 Å². The van der Waals surface area contributed by atoms with E-state index in [0.717, 1.165) is 29.9 Å². The molecule has 23 heavy (non-hydrogen) atoms. The highest BCUT2D eigenvalue weighted by atomic mass is 16.6. The smallest absolute Gasteiger partial charge is 0.269 e. The lowest BCUT2D eigenvalue weighted by molar-refractivity contribution is -0.384. The molecule has 0 bridgehead atoms. The quantitative estimate of drug-likeness (QED) is 0.391. The van der Waals surface area contributed by atoms with Crippen LogP contribution in [0.4, 0.5) is 5.69 Å². The van der Waals surface area contributed by atoms with Crippen LogP contribution >= 0.6 is 0 Å². The van der Waals surface area contributed by atoms with Gasteiger partial charge in [-0.15, -0.1) is 0 Å². The molecule has 0 N–H and O–H groups in total. The summed E-state index contributed by atoms with van der Waals surface area (Å²) in [6.45, 7) is 3.29. The summed E-state index contributed by atoms with van der Waals surface area (Å²) in [5, 5.41) is 10.6. The van der Waals surface area contributed by atoms with E-state index >= 15 is 0 Å². The van der Waals surface area contributed by atoms with Crippen LogP contribution in [-0.2, 0) is 6.42 Å². The molecule has 0 aromatic heterocycles. The Labute approximate surface area is 136 Å². The van der Waals surface area contributed by atoms with Crippen LogP contribution in [0.2, 0.25) is 0 Å². The molecule has 0 aliphatic heterocycles. The van der Waals surface area contributed by atoms with Crippen LogP contribution in [-0.4, -0.2) is 18.1 Å². The molecule has 2 rings (SSSR count). The van der Waals surface area contributed by atoms with Crippen LogP contribution in [0.15, 0.2) is 48.5 Å². The van der Waals surface area contributed by atoms with Crippen molar-refractivity contribution in [2.75, 3.05) is 13.2 Å². The highest BCUT2D eigenvalue weighted by molar-refractivity contribution is 5.39. The molecule has 0 spiro atoms. The van der Waals surface area contributed by atoms with Gasteiger partial charge in [-0.2, -0.15) is 0 Å². The molecule has 0 fully saturated rings. The number of hydrogen-bond acceptors (Lipinski definition) is 4. The van der Waals surface area contributed by atoms with Crippen molar-refractivity contribution in [2.24, 2.45) is 0 Å². The number of non-ortho nitro benzene ring substituents is 1. The summed E-state index contributed by atoms with van der Waals surface area (Å²) < 4.78 is 11.5. The van der Waals surface area contributed by atoms with Crippen molar-refractivity contribution in [3.8, 4) is 11.5 Å². The Balaban J connectivity index is 1.87. The number of nitrogens with zero attached hydrogens (tertiary/aromatic N) is 1. The minimum atomic E-state index is -0.399. The van der Waals surface area contributed by atoms with Crippen molar-refractivity contribution in [3.05, 3.63) is 64.2 Å². The lowest BCUT2D eigenvalue weighted by Crippen LogP contribution is -2.04. The molecular formula is C18H21NO4. The highest BCUT2D eigenvalue weighted by Crippen LogP contribution is 2.26. The van der Waals surface area contributed by atoms with Crippen molar-refractivity contribution in [2.45, 2.75) is 26.2 Å². The van der Waals surface area contributed by atoms with Crippen LogP contribution < -0.4 is 9.47 Å². The fourth-order valence-corrected chi connectivity index (χ4v) is 2.08. The standard InChI is InChI=1S/C18H21NO4/c1-2-3-13-22-17-6-4-5-7-18(17)23-14-12-15-8-10-16(11-9-15)19(20)21/h4-11H,2-3,12-14H2,1H3. The molecule has 5 heteroatoms. The number of hydrogen-bond donors (Lipinski definition) is 0. The van der Waals surface area contributed by atoms with E-state index in [-0.39, 0.29) is 5.69 Å². The molecule has 122 valence electrons. The topological polar surface area (TPSA) is 61.6 Å². The van der Waals surface area contributed by atoms with Gasteiger partial charge < -0.3 is 9.47 Å². The van der Waals surface area contributed by atoms with Gasteiger partial charge in [0.25, 0.3) is 5.69 Å². The lowest BCUT2D eigenvalue weighted by atomic mass is 10.1. The Morgan fingerprint density at radius 3 is 2.13 bits per heavy atom. The molecule has 0 aliphatic rings. The average Bonchev–Trinajstić information content (AvgIpc) is 2.57. The van der Waals surface area contributed by atoms with Crippen LogP contribution in [0, 0.1) is 10.1 Å². The molecule has 0 unspecified atom stereocenters. The zero-order valence-corrected chi connectivity index (χ0v) is 13.2. The Morgan fingerprint density at radius 2 is 1.57 bits per heavy atom. The van der Waals surface area contributed by atoms with Gasteiger partial charge in [-0.1, -0.05) is 37.6 Å². The first-order valence-corrected chi connectivity index (χ1v) is 7.78. The first-order valence-electron chi connectivity index (χ1n) is 7.78. The average molecular weight is 315 g/mol. The fraction of sp³-hybridized carbons (Fsp3) is 0.333. The maximum atomic E-state index is 10.6. The van der Waals surface area contributed by atoms with Crippen LogP contribution in [0.3, 0.4) is 0 Å². The molecule has 5 nitrogen and oxygen atoms in total. The van der Waals surface area contributed by atoms with Crippen molar-refractivity contribution in [3.63, 3.8) is 0 Å². The number of rotatable bonds is 9. The first-order chi connectivity index (χ1) is 11.2. The third-order valence-corrected chi connectivity index (χ3v) is 3.40. The van der Waals surface area contributed by atoms with Crippen molar-refractivity contribution in [1.82, 2.24) is 0 Å². The van der Waals surface area contributed by atoms with Crippen molar-refractivity contribution in [1.29, 1.82) is 0 Å². The number of nitro benzene ring substituents is 1. The Kier molecular flexibility index (Phi) is 6.41. The zero-order chi connectivity index (χ0) is 16.5. The number of nitro groups is 1. The van der Waals surface area contributed by atoms with Crippen LogP contribution in [0.25, 0.3) is 0 Å². The van der Waals surface area contributed by atoms with Gasteiger partial charge in [0.2, 0.25) is 0 Å². The molecule has 2 aromatic carbocycles. The molecule has 0 aliphatic carbocycles. The molecular weight excluding hydrogens is 294 g/mol. The molecule has 0 amide bonds. The van der Waals surface area contributed by atoms with Gasteiger partial charge in [-0.25, -0.2) is 0 Å². The monoisotopic (exact) mass is 315 g/mol. The van der Waals surface area contributed by atoms with Crippen LogP contribution in [0.5, 0.6) is 11.5 Å². The minimum Gasteiger partial charge on any atom is -0.490 e. The fourth-order valence-electron chi connectivity index (χ4n) is 2.08. The van der Waals surface area contributed by atoms with E-state index in [9.17, 15) is 10.1 Å². The summed E-state index contributed by atoms with van der Waals surface area (Å²) in [7, 11) is 0. The number of para-hydroxylation sites is 2. The summed E-state index contributed by atoms with van der Waals surface area (Å²) in [5.74, 6) is 1.48. The predicted octanol–water partition coefficient (Wildman–Crippen LogP) is 4.40. The molecule has 0 radical (unpaired) electrons. The maximum absolute atomic E-state index is 10.6. The van der Waals surface area contributed by atoms with Gasteiger partial charge in [-0.05, 0) is 24.1 Å². The highest BCUT2D eigenvalue weighted by Gasteiger charge is 2.06. The van der Waals surface area contributed by atoms with Crippen molar-refractivity contribution < 1.29 is 14.4 Å². The first kappa shape index (κ1) is 16.8. The number of benzene rings is 2. The summed E-state index contributed by atoms with van der Waals surface area (Å²) >= 11 is 0. The van der Waals surface area contributed by atoms with E-state index in [2.05, 4.69) is 6.92 Å². The van der Waals surface area contributed by atoms with Gasteiger partial charge in [0.1, 0.15) is 0 Å². The molecule has 0 atom stereocenters. The van der Waals surface area contributed by atoms with Gasteiger partial charge in [0.05, 0.1) is 18.1 Å². The summed E-state index contributed by atoms with van der Waals surface area (Å²) in [6, 6.07) is 14.1. The third-order valence-electron chi connectivity index (χ3n) is 3.40. The Hall–Kier alpha value is -2.56. The van der Waals surface area contributed by atoms with E-state index in [1.807, 2.05) is 24.3 Å². The van der Waals surface area contributed by atoms with Crippen LogP contribution in [0.1, 0.15) is 25.3 Å². The largest absolute Gasteiger partial charge is 0.490 e. The van der Waals surface area contributed by atoms with E-state index in [0.29, 0.717) is 19.6 Å². The molecule has 2 aromatic rings. The molecule has 0 heterocycles. The van der Waals surface area contributed by atoms with Crippen molar-refractivity contribution >= 4 is 5.69 Å². The maximum Gasteiger partial charge on any atom is 0.269 e. The summed E-state index contributed by atoms with van der Waals surface area (Å²) in [4.78, 5) is 10.2. The normalized spacial score (nSPS) is 10.3. The van der Waals surface area contributed by atoms with E-state index in [1.54, 1.807) is 12.1 Å². The van der Waals surface area contributed by atoms with E-state index in [4.69, 9.17) is 9.47 Å². The second kappa shape index (κ2) is 8.78. The van der Waals surface area contributed by atoms with E-state index in [1.165, 1.54) is 12.1 Å². The predicted molar refractivity (Wildman–Crippen MR) is 89.1 cm³/mol. The Morgan fingerprint density at radius 1 is 0.957 bits per heavy atom. The SMILES string of the molecule is CCCCOc1ccccc1OCCc1ccc([N+](=O)[O-])cc1. The van der Waals surface area contributed by atoms with Gasteiger partial charge >= 0.3 is 0 Å². The molecule has 0 saturated heterocycles. The summed E-state index contributed by atoms with van der Waals surface area (Å²) in [5.41, 5.74) is 1.10. The van der Waals surface area contributed by atoms with Gasteiger partial charge in [-0.3, -0.25) is 10.1 Å².